The summed E-state index contributed by atoms with van der Waals surface area (Å²) in [7, 11) is 0. The van der Waals surface area contributed by atoms with Crippen molar-refractivity contribution in [3.8, 4) is 0 Å². The molecule has 6 heteroatoms. The average Bonchev–Trinajstić information content (AvgIpc) is 2.30. The summed E-state index contributed by atoms with van der Waals surface area (Å²) in [4.78, 5) is 32.3. The van der Waals surface area contributed by atoms with Crippen LogP contribution in [0.1, 0.15) is 11.7 Å². The second kappa shape index (κ2) is 2.94. The van der Waals surface area contributed by atoms with Crippen LogP contribution in [0, 0.1) is 0 Å². The fourth-order valence-corrected chi connectivity index (χ4v) is 0.879. The molecule has 0 N–H and O–H groups in total. The van der Waals surface area contributed by atoms with Crippen LogP contribution in [0.25, 0.3) is 0 Å². The number of carbonyl (C=O) groups excluding carboxylic acids is 2. The Hall–Kier alpha value is -1.36. The van der Waals surface area contributed by atoms with Crippen molar-refractivity contribution >= 4 is 22.9 Å². The lowest BCUT2D eigenvalue weighted by atomic mass is 10.7. The fourth-order valence-electron chi connectivity index (χ4n) is 0.750. The Morgan fingerprint density at radius 1 is 1.33 bits per heavy atom. The molecular weight excluding hydrogens is 184 g/mol. The van der Waals surface area contributed by atoms with Crippen molar-refractivity contribution < 1.29 is 9.59 Å². The van der Waals surface area contributed by atoms with Crippen LogP contribution in [-0.4, -0.2) is 20.4 Å². The molecule has 0 spiro atoms. The SMILES string of the molecule is CC(=O)n1ccn(C(=O)Cl)c1=O. The quantitative estimate of drug-likeness (QED) is 0.558. The molecule has 0 aliphatic carbocycles. The van der Waals surface area contributed by atoms with Crippen molar-refractivity contribution in [2.45, 2.75) is 6.92 Å². The molecule has 0 saturated heterocycles. The Morgan fingerprint density at radius 2 is 1.83 bits per heavy atom. The van der Waals surface area contributed by atoms with Gasteiger partial charge in [0.2, 0.25) is 5.91 Å². The Morgan fingerprint density at radius 3 is 2.08 bits per heavy atom. The minimum Gasteiger partial charge on any atom is -0.274 e. The minimum atomic E-state index is -0.931. The van der Waals surface area contributed by atoms with Gasteiger partial charge >= 0.3 is 11.1 Å². The van der Waals surface area contributed by atoms with E-state index in [0.29, 0.717) is 4.57 Å². The van der Waals surface area contributed by atoms with Crippen LogP contribution in [-0.2, 0) is 0 Å². The number of hydrogen-bond acceptors (Lipinski definition) is 3. The number of rotatable bonds is 0. The van der Waals surface area contributed by atoms with E-state index in [4.69, 9.17) is 11.6 Å². The highest BCUT2D eigenvalue weighted by molar-refractivity contribution is 6.63. The van der Waals surface area contributed by atoms with Gasteiger partial charge in [-0.3, -0.25) is 9.59 Å². The number of hydrogen-bond donors (Lipinski definition) is 0. The first-order valence-corrected chi connectivity index (χ1v) is 3.42. The summed E-state index contributed by atoms with van der Waals surface area (Å²) >= 11 is 5.03. The molecule has 64 valence electrons. The molecule has 0 atom stereocenters. The van der Waals surface area contributed by atoms with Gasteiger partial charge in [0, 0.05) is 19.3 Å². The molecule has 1 aromatic rings. The molecule has 0 aliphatic rings. The van der Waals surface area contributed by atoms with Gasteiger partial charge in [-0.15, -0.1) is 0 Å². The molecule has 0 unspecified atom stereocenters. The van der Waals surface area contributed by atoms with E-state index < -0.39 is 17.0 Å². The number of aromatic nitrogens is 2. The standard InChI is InChI=1S/C6H5ClN2O3/c1-4(10)8-2-3-9(5(7)11)6(8)12/h2-3H,1H3. The van der Waals surface area contributed by atoms with Crippen molar-refractivity contribution in [1.29, 1.82) is 0 Å². The zero-order chi connectivity index (χ0) is 9.30. The highest BCUT2D eigenvalue weighted by atomic mass is 35.5. The summed E-state index contributed by atoms with van der Waals surface area (Å²) in [6.45, 7) is 1.21. The zero-order valence-corrected chi connectivity index (χ0v) is 6.91. The minimum absolute atomic E-state index is 0.461. The van der Waals surface area contributed by atoms with E-state index in [1.54, 1.807) is 0 Å². The van der Waals surface area contributed by atoms with Gasteiger partial charge in [0.1, 0.15) is 0 Å². The lowest BCUT2D eigenvalue weighted by Gasteiger charge is -1.90. The van der Waals surface area contributed by atoms with Crippen molar-refractivity contribution in [3.63, 3.8) is 0 Å². The van der Waals surface area contributed by atoms with Gasteiger partial charge in [-0.1, -0.05) is 0 Å². The molecule has 12 heavy (non-hydrogen) atoms. The Kier molecular flexibility index (Phi) is 2.14. The molecule has 0 bridgehead atoms. The first-order valence-electron chi connectivity index (χ1n) is 3.05. The van der Waals surface area contributed by atoms with Crippen LogP contribution < -0.4 is 5.69 Å². The van der Waals surface area contributed by atoms with Crippen LogP contribution in [0.3, 0.4) is 0 Å². The van der Waals surface area contributed by atoms with Gasteiger partial charge < -0.3 is 0 Å². The van der Waals surface area contributed by atoms with Crippen molar-refractivity contribution in [2.75, 3.05) is 0 Å². The maximum Gasteiger partial charge on any atom is 0.342 e. The summed E-state index contributed by atoms with van der Waals surface area (Å²) in [5.74, 6) is -0.461. The van der Waals surface area contributed by atoms with Crippen molar-refractivity contribution in [2.24, 2.45) is 0 Å². The first-order chi connectivity index (χ1) is 5.54. The third kappa shape index (κ3) is 1.31. The largest absolute Gasteiger partial charge is 0.342 e. The van der Waals surface area contributed by atoms with E-state index >= 15 is 0 Å². The van der Waals surface area contributed by atoms with Gasteiger partial charge in [0.05, 0.1) is 0 Å². The molecule has 0 amide bonds. The van der Waals surface area contributed by atoms with Crippen molar-refractivity contribution in [1.82, 2.24) is 9.13 Å². The molecular formula is C6H5ClN2O3. The maximum atomic E-state index is 11.1. The maximum absolute atomic E-state index is 11.1. The van der Waals surface area contributed by atoms with Gasteiger partial charge in [-0.2, -0.15) is 0 Å². The van der Waals surface area contributed by atoms with Gasteiger partial charge in [0.25, 0.3) is 0 Å². The van der Waals surface area contributed by atoms with Crippen LogP contribution in [0.2, 0.25) is 0 Å². The molecule has 5 nitrogen and oxygen atoms in total. The second-order valence-electron chi connectivity index (χ2n) is 2.09. The Bertz CT molecular complexity index is 355. The van der Waals surface area contributed by atoms with E-state index in [9.17, 15) is 14.4 Å². The summed E-state index contributed by atoms with van der Waals surface area (Å²) in [6.07, 6.45) is 2.32. The molecule has 0 fully saturated rings. The van der Waals surface area contributed by atoms with E-state index in [1.807, 2.05) is 0 Å². The van der Waals surface area contributed by atoms with Gasteiger partial charge in [0.15, 0.2) is 0 Å². The smallest absolute Gasteiger partial charge is 0.274 e. The van der Waals surface area contributed by atoms with Gasteiger partial charge in [-0.05, 0) is 11.6 Å². The lowest BCUT2D eigenvalue weighted by Crippen LogP contribution is -2.28. The number of halogens is 1. The molecule has 0 saturated carbocycles. The highest BCUT2D eigenvalue weighted by Gasteiger charge is 2.09. The summed E-state index contributed by atoms with van der Waals surface area (Å²) in [6, 6.07) is 0. The molecule has 1 rings (SSSR count). The number of nitrogens with zero attached hydrogens (tertiary/aromatic N) is 2. The third-order valence-corrected chi connectivity index (χ3v) is 1.49. The average molecular weight is 189 g/mol. The summed E-state index contributed by atoms with van der Waals surface area (Å²) < 4.78 is 1.43. The predicted molar refractivity (Wildman–Crippen MR) is 41.6 cm³/mol. The van der Waals surface area contributed by atoms with E-state index in [-0.39, 0.29) is 0 Å². The van der Waals surface area contributed by atoms with E-state index in [0.717, 1.165) is 10.8 Å². The van der Waals surface area contributed by atoms with E-state index in [1.165, 1.54) is 13.1 Å². The topological polar surface area (TPSA) is 61.1 Å². The van der Waals surface area contributed by atoms with Crippen LogP contribution in [0.4, 0.5) is 4.79 Å². The normalized spacial score (nSPS) is 9.83. The Labute approximate surface area is 72.2 Å². The number of imidazole rings is 1. The third-order valence-electron chi connectivity index (χ3n) is 1.31. The van der Waals surface area contributed by atoms with Crippen LogP contribution in [0.15, 0.2) is 17.2 Å². The molecule has 1 aromatic heterocycles. The lowest BCUT2D eigenvalue weighted by molar-refractivity contribution is 0.0932. The van der Waals surface area contributed by atoms with Crippen LogP contribution in [0.5, 0.6) is 0 Å². The molecule has 0 aliphatic heterocycles. The first kappa shape index (κ1) is 8.73. The van der Waals surface area contributed by atoms with Crippen LogP contribution >= 0.6 is 11.6 Å². The number of carbonyl (C=O) groups is 2. The van der Waals surface area contributed by atoms with Crippen molar-refractivity contribution in [3.05, 3.63) is 22.9 Å². The summed E-state index contributed by atoms with van der Waals surface area (Å²) in [5, 5.41) is -0.931. The fraction of sp³-hybridized carbons (Fsp3) is 0.167. The van der Waals surface area contributed by atoms with Gasteiger partial charge in [-0.25, -0.2) is 13.9 Å². The summed E-state index contributed by atoms with van der Waals surface area (Å²) in [5.41, 5.74) is -0.748. The zero-order valence-electron chi connectivity index (χ0n) is 6.15. The molecule has 1 heterocycles. The molecule has 0 aromatic carbocycles. The predicted octanol–water partition coefficient (Wildman–Crippen LogP) is 0.517. The monoisotopic (exact) mass is 188 g/mol. The Balaban J connectivity index is 3.32. The highest BCUT2D eigenvalue weighted by Crippen LogP contribution is 1.89. The van der Waals surface area contributed by atoms with E-state index in [2.05, 4.69) is 0 Å². The molecule has 0 radical (unpaired) electrons. The second-order valence-corrected chi connectivity index (χ2v) is 2.42.